The van der Waals surface area contributed by atoms with Gasteiger partial charge in [0.1, 0.15) is 12.4 Å². The molecule has 0 N–H and O–H groups in total. The van der Waals surface area contributed by atoms with Crippen LogP contribution >= 0.6 is 11.6 Å². The molecule has 170 valence electrons. The third-order valence-electron chi connectivity index (χ3n) is 6.06. The third kappa shape index (κ3) is 5.43. The van der Waals surface area contributed by atoms with E-state index in [2.05, 4.69) is 39.2 Å². The van der Waals surface area contributed by atoms with Crippen LogP contribution in [0.2, 0.25) is 5.02 Å². The molecule has 1 aliphatic heterocycles. The molecule has 0 atom stereocenters. The molecule has 0 spiro atoms. The van der Waals surface area contributed by atoms with Crippen molar-refractivity contribution in [3.63, 3.8) is 0 Å². The van der Waals surface area contributed by atoms with E-state index in [1.807, 2.05) is 29.7 Å². The van der Waals surface area contributed by atoms with E-state index in [1.165, 1.54) is 10.9 Å². The molecule has 0 bridgehead atoms. The molecule has 3 aromatic rings. The second kappa shape index (κ2) is 10.8. The Morgan fingerprint density at radius 2 is 1.91 bits per heavy atom. The molecule has 1 aromatic carbocycles. The van der Waals surface area contributed by atoms with Crippen LogP contribution in [0.5, 0.6) is 0 Å². The number of nitrogens with zero attached hydrogens (tertiary/aromatic N) is 4. The standard InChI is InChI=1S/C25H31ClN4O2/c1-2-32-24(31)19-30-18-20(21-9-3-4-11-23(21)30)8-5-6-13-28-14-16-29(17-15-28)25-22(26)10-7-12-27-25/h3-4,7,9-12,18H,2,5-6,8,13-17,19H2,1H3. The van der Waals surface area contributed by atoms with Crippen LogP contribution in [0.25, 0.3) is 10.9 Å². The number of anilines is 1. The van der Waals surface area contributed by atoms with E-state index < -0.39 is 0 Å². The summed E-state index contributed by atoms with van der Waals surface area (Å²) in [6.07, 6.45) is 7.22. The van der Waals surface area contributed by atoms with Gasteiger partial charge in [-0.3, -0.25) is 9.69 Å². The van der Waals surface area contributed by atoms with Crippen molar-refractivity contribution in [1.29, 1.82) is 0 Å². The predicted octanol–water partition coefficient (Wildman–Crippen LogP) is 4.40. The number of benzene rings is 1. The van der Waals surface area contributed by atoms with Gasteiger partial charge in [-0.25, -0.2) is 4.98 Å². The highest BCUT2D eigenvalue weighted by Gasteiger charge is 2.19. The number of rotatable bonds is 9. The molecule has 1 fully saturated rings. The first-order chi connectivity index (χ1) is 15.7. The van der Waals surface area contributed by atoms with E-state index in [0.717, 1.165) is 68.3 Å². The number of esters is 1. The van der Waals surface area contributed by atoms with Gasteiger partial charge in [-0.15, -0.1) is 0 Å². The maximum absolute atomic E-state index is 12.0. The van der Waals surface area contributed by atoms with Crippen LogP contribution in [0, 0.1) is 0 Å². The minimum atomic E-state index is -0.189. The molecular weight excluding hydrogens is 424 g/mol. The van der Waals surface area contributed by atoms with Crippen molar-refractivity contribution in [2.75, 3.05) is 44.2 Å². The number of aromatic nitrogens is 2. The molecular formula is C25H31ClN4O2. The fraction of sp³-hybridized carbons (Fsp3) is 0.440. The number of hydrogen-bond acceptors (Lipinski definition) is 5. The summed E-state index contributed by atoms with van der Waals surface area (Å²) in [6.45, 7) is 7.59. The van der Waals surface area contributed by atoms with Gasteiger partial charge in [0, 0.05) is 49.5 Å². The number of aryl methyl sites for hydroxylation is 1. The van der Waals surface area contributed by atoms with Gasteiger partial charge < -0.3 is 14.2 Å². The summed E-state index contributed by atoms with van der Waals surface area (Å²) in [5.74, 6) is 0.707. The summed E-state index contributed by atoms with van der Waals surface area (Å²) in [6, 6.07) is 12.1. The lowest BCUT2D eigenvalue weighted by molar-refractivity contribution is -0.143. The number of para-hydroxylation sites is 1. The maximum atomic E-state index is 12.0. The zero-order valence-corrected chi connectivity index (χ0v) is 19.4. The SMILES string of the molecule is CCOC(=O)Cn1cc(CCCCN2CCN(c3ncccc3Cl)CC2)c2ccccc21. The number of fused-ring (bicyclic) bond motifs is 1. The first kappa shape index (κ1) is 22.6. The van der Waals surface area contributed by atoms with Crippen molar-refractivity contribution < 1.29 is 9.53 Å². The molecule has 6 nitrogen and oxygen atoms in total. The van der Waals surface area contributed by atoms with E-state index in [1.54, 1.807) is 6.20 Å². The van der Waals surface area contributed by atoms with Crippen molar-refractivity contribution in [1.82, 2.24) is 14.5 Å². The molecule has 32 heavy (non-hydrogen) atoms. The number of ether oxygens (including phenoxy) is 1. The Bertz CT molecular complexity index is 1040. The Kier molecular flexibility index (Phi) is 7.66. The van der Waals surface area contributed by atoms with Gasteiger partial charge in [-0.1, -0.05) is 29.8 Å². The minimum Gasteiger partial charge on any atom is -0.465 e. The quantitative estimate of drug-likeness (QED) is 0.354. The Balaban J connectivity index is 1.26. The van der Waals surface area contributed by atoms with Gasteiger partial charge in [0.15, 0.2) is 0 Å². The number of unbranched alkanes of at least 4 members (excludes halogenated alkanes) is 1. The fourth-order valence-corrected chi connectivity index (χ4v) is 4.68. The molecule has 0 unspecified atom stereocenters. The first-order valence-electron chi connectivity index (χ1n) is 11.5. The molecule has 0 radical (unpaired) electrons. The zero-order valence-electron chi connectivity index (χ0n) is 18.7. The second-order valence-corrected chi connectivity index (χ2v) is 8.61. The molecule has 1 aliphatic rings. The largest absolute Gasteiger partial charge is 0.465 e. The molecule has 1 saturated heterocycles. The third-order valence-corrected chi connectivity index (χ3v) is 6.35. The van der Waals surface area contributed by atoms with Gasteiger partial charge in [-0.05, 0) is 56.5 Å². The van der Waals surface area contributed by atoms with Crippen LogP contribution in [0.15, 0.2) is 48.8 Å². The number of carbonyl (C=O) groups is 1. The molecule has 0 aliphatic carbocycles. The molecule has 0 amide bonds. The Labute approximate surface area is 194 Å². The van der Waals surface area contributed by atoms with Gasteiger partial charge >= 0.3 is 5.97 Å². The lowest BCUT2D eigenvalue weighted by Gasteiger charge is -2.35. The average molecular weight is 455 g/mol. The van der Waals surface area contributed by atoms with Gasteiger partial charge in [0.2, 0.25) is 0 Å². The van der Waals surface area contributed by atoms with E-state index in [9.17, 15) is 4.79 Å². The summed E-state index contributed by atoms with van der Waals surface area (Å²) in [5, 5.41) is 1.96. The van der Waals surface area contributed by atoms with Crippen LogP contribution < -0.4 is 4.90 Å². The van der Waals surface area contributed by atoms with Gasteiger partial charge in [0.25, 0.3) is 0 Å². The van der Waals surface area contributed by atoms with Crippen molar-refractivity contribution in [2.45, 2.75) is 32.7 Å². The maximum Gasteiger partial charge on any atom is 0.325 e. The topological polar surface area (TPSA) is 50.6 Å². The van der Waals surface area contributed by atoms with Crippen molar-refractivity contribution in [3.8, 4) is 0 Å². The number of piperazine rings is 1. The molecule has 4 rings (SSSR count). The van der Waals surface area contributed by atoms with Crippen LogP contribution in [0.3, 0.4) is 0 Å². The molecule has 3 heterocycles. The van der Waals surface area contributed by atoms with E-state index in [0.29, 0.717) is 6.61 Å². The van der Waals surface area contributed by atoms with Crippen LogP contribution in [-0.2, 0) is 22.5 Å². The van der Waals surface area contributed by atoms with Crippen LogP contribution in [-0.4, -0.2) is 59.8 Å². The highest BCUT2D eigenvalue weighted by Crippen LogP contribution is 2.25. The first-order valence-corrected chi connectivity index (χ1v) is 11.8. The summed E-state index contributed by atoms with van der Waals surface area (Å²) >= 11 is 6.30. The van der Waals surface area contributed by atoms with E-state index >= 15 is 0 Å². The Hall–Kier alpha value is -2.57. The normalized spacial score (nSPS) is 14.8. The van der Waals surface area contributed by atoms with Crippen LogP contribution in [0.1, 0.15) is 25.3 Å². The molecule has 7 heteroatoms. The number of pyridine rings is 1. The fourth-order valence-electron chi connectivity index (χ4n) is 4.44. The lowest BCUT2D eigenvalue weighted by Crippen LogP contribution is -2.47. The van der Waals surface area contributed by atoms with Crippen molar-refractivity contribution in [3.05, 3.63) is 59.4 Å². The predicted molar refractivity (Wildman–Crippen MR) is 129 cm³/mol. The van der Waals surface area contributed by atoms with Gasteiger partial charge in [-0.2, -0.15) is 0 Å². The Morgan fingerprint density at radius 3 is 2.69 bits per heavy atom. The highest BCUT2D eigenvalue weighted by atomic mass is 35.5. The van der Waals surface area contributed by atoms with Crippen molar-refractivity contribution >= 4 is 34.3 Å². The summed E-state index contributed by atoms with van der Waals surface area (Å²) in [7, 11) is 0. The average Bonchev–Trinajstić information content (AvgIpc) is 3.15. The Morgan fingerprint density at radius 1 is 1.09 bits per heavy atom. The number of carbonyl (C=O) groups excluding carboxylic acids is 1. The summed E-state index contributed by atoms with van der Waals surface area (Å²) in [4.78, 5) is 21.2. The monoisotopic (exact) mass is 454 g/mol. The van der Waals surface area contributed by atoms with Crippen LogP contribution in [0.4, 0.5) is 5.82 Å². The highest BCUT2D eigenvalue weighted by molar-refractivity contribution is 6.32. The van der Waals surface area contributed by atoms with E-state index in [4.69, 9.17) is 16.3 Å². The number of hydrogen-bond donors (Lipinski definition) is 0. The minimum absolute atomic E-state index is 0.189. The smallest absolute Gasteiger partial charge is 0.325 e. The van der Waals surface area contributed by atoms with Crippen molar-refractivity contribution in [2.24, 2.45) is 0 Å². The van der Waals surface area contributed by atoms with E-state index in [-0.39, 0.29) is 12.5 Å². The zero-order chi connectivity index (χ0) is 22.3. The van der Waals surface area contributed by atoms with Gasteiger partial charge in [0.05, 0.1) is 11.6 Å². The number of halogens is 1. The molecule has 0 saturated carbocycles. The second-order valence-electron chi connectivity index (χ2n) is 8.20. The lowest BCUT2D eigenvalue weighted by atomic mass is 10.1. The summed E-state index contributed by atoms with van der Waals surface area (Å²) < 4.78 is 7.15. The summed E-state index contributed by atoms with van der Waals surface area (Å²) in [5.41, 5.74) is 2.40. The molecule has 2 aromatic heterocycles.